The molecule has 0 fully saturated rings. The molecule has 19 heavy (non-hydrogen) atoms. The van der Waals surface area contributed by atoms with Gasteiger partial charge < -0.3 is 20.8 Å². The van der Waals surface area contributed by atoms with Crippen LogP contribution in [0.15, 0.2) is 22.3 Å². The van der Waals surface area contributed by atoms with Gasteiger partial charge in [0.1, 0.15) is 0 Å². The molecule has 0 radical (unpaired) electrons. The zero-order valence-electron chi connectivity index (χ0n) is 10.3. The summed E-state index contributed by atoms with van der Waals surface area (Å²) in [6, 6.07) is 2.72. The maximum Gasteiger partial charge on any atom is 0.304 e. The zero-order valence-corrected chi connectivity index (χ0v) is 11.1. The number of anilines is 2. The average Bonchev–Trinajstić information content (AvgIpc) is 2.77. The molecule has 2 rings (SSSR count). The molecule has 2 aromatic rings. The van der Waals surface area contributed by atoms with Crippen molar-refractivity contribution in [1.29, 1.82) is 0 Å². The van der Waals surface area contributed by atoms with Crippen LogP contribution in [0, 0.1) is 5.82 Å². The van der Waals surface area contributed by atoms with Crippen molar-refractivity contribution in [3.8, 4) is 5.75 Å². The molecule has 0 aliphatic rings. The first-order valence-corrected chi connectivity index (χ1v) is 6.60. The number of nitrogen functional groups attached to an aromatic ring is 1. The van der Waals surface area contributed by atoms with Crippen LogP contribution in [0.2, 0.25) is 0 Å². The number of benzene rings is 1. The smallest absolute Gasteiger partial charge is 0.304 e. The second kappa shape index (κ2) is 5.75. The highest BCUT2D eigenvalue weighted by Crippen LogP contribution is 2.28. The molecule has 7 heteroatoms. The Morgan fingerprint density at radius 2 is 2.32 bits per heavy atom. The van der Waals surface area contributed by atoms with Gasteiger partial charge >= 0.3 is 4.87 Å². The molecule has 0 bridgehead atoms. The first kappa shape index (κ1) is 13.4. The lowest BCUT2D eigenvalue weighted by atomic mass is 10.2. The third-order valence-corrected chi connectivity index (χ3v) is 3.16. The largest absolute Gasteiger partial charge is 0.491 e. The fourth-order valence-corrected chi connectivity index (χ4v) is 2.16. The van der Waals surface area contributed by atoms with Gasteiger partial charge in [-0.05, 0) is 6.92 Å². The van der Waals surface area contributed by atoms with Crippen LogP contribution in [0.5, 0.6) is 5.75 Å². The Labute approximate surface area is 113 Å². The number of ether oxygens (including phenoxy) is 1. The fraction of sp³-hybridized carbons (Fsp3) is 0.250. The van der Waals surface area contributed by atoms with Gasteiger partial charge in [0.25, 0.3) is 0 Å². The summed E-state index contributed by atoms with van der Waals surface area (Å²) in [7, 11) is 0. The van der Waals surface area contributed by atoms with E-state index >= 15 is 0 Å². The van der Waals surface area contributed by atoms with Gasteiger partial charge in [0.2, 0.25) is 0 Å². The highest BCUT2D eigenvalue weighted by Gasteiger charge is 2.09. The molecule has 5 nitrogen and oxygen atoms in total. The summed E-state index contributed by atoms with van der Waals surface area (Å²) >= 11 is 1.09. The number of hydrogen-bond acceptors (Lipinski definition) is 5. The monoisotopic (exact) mass is 283 g/mol. The van der Waals surface area contributed by atoms with Crippen molar-refractivity contribution >= 4 is 22.7 Å². The summed E-state index contributed by atoms with van der Waals surface area (Å²) in [6.45, 7) is 2.55. The van der Waals surface area contributed by atoms with E-state index in [4.69, 9.17) is 10.5 Å². The maximum atomic E-state index is 13.5. The van der Waals surface area contributed by atoms with Crippen molar-refractivity contribution in [3.05, 3.63) is 38.7 Å². The minimum atomic E-state index is -0.492. The third kappa shape index (κ3) is 3.25. The van der Waals surface area contributed by atoms with E-state index in [2.05, 4.69) is 10.3 Å². The summed E-state index contributed by atoms with van der Waals surface area (Å²) in [5, 5.41) is 4.75. The number of halogens is 1. The summed E-state index contributed by atoms with van der Waals surface area (Å²) in [4.78, 5) is 13.6. The Balaban J connectivity index is 2.15. The molecule has 102 valence electrons. The standard InChI is InChI=1S/C12H14FN3O2S/c1-2-18-11-4-10(9(14)3-8(11)13)15-5-7-6-19-12(17)16-7/h3-4,6,15H,2,5,14H2,1H3,(H,16,17). The molecule has 0 aliphatic carbocycles. The van der Waals surface area contributed by atoms with E-state index in [0.717, 1.165) is 17.0 Å². The van der Waals surface area contributed by atoms with Crippen LogP contribution in [0.1, 0.15) is 12.6 Å². The van der Waals surface area contributed by atoms with Gasteiger partial charge in [0.05, 0.1) is 24.5 Å². The van der Waals surface area contributed by atoms with Gasteiger partial charge in [-0.15, -0.1) is 0 Å². The lowest BCUT2D eigenvalue weighted by Gasteiger charge is -2.12. The van der Waals surface area contributed by atoms with Crippen molar-refractivity contribution in [2.24, 2.45) is 0 Å². The van der Waals surface area contributed by atoms with Crippen LogP contribution in [-0.4, -0.2) is 11.6 Å². The number of aromatic amines is 1. The van der Waals surface area contributed by atoms with E-state index in [9.17, 15) is 9.18 Å². The predicted octanol–water partition coefficient (Wildman–Crippen LogP) is 2.17. The van der Waals surface area contributed by atoms with Gasteiger partial charge in [0, 0.05) is 23.2 Å². The Hall–Kier alpha value is -2.02. The molecule has 4 N–H and O–H groups in total. The van der Waals surface area contributed by atoms with Gasteiger partial charge in [-0.2, -0.15) is 0 Å². The van der Waals surface area contributed by atoms with E-state index in [1.165, 1.54) is 12.1 Å². The van der Waals surface area contributed by atoms with Crippen LogP contribution in [0.4, 0.5) is 15.8 Å². The Bertz CT molecular complexity index is 624. The number of nitrogens with two attached hydrogens (primary N) is 1. The zero-order chi connectivity index (χ0) is 13.8. The first-order valence-electron chi connectivity index (χ1n) is 5.72. The molecule has 1 aromatic carbocycles. The topological polar surface area (TPSA) is 80.1 Å². The normalized spacial score (nSPS) is 10.4. The van der Waals surface area contributed by atoms with Crippen molar-refractivity contribution in [2.75, 3.05) is 17.7 Å². The molecule has 0 unspecified atom stereocenters. The summed E-state index contributed by atoms with van der Waals surface area (Å²) < 4.78 is 18.7. The lowest BCUT2D eigenvalue weighted by molar-refractivity contribution is 0.322. The molecular formula is C12H14FN3O2S. The molecule has 0 amide bonds. The van der Waals surface area contributed by atoms with Crippen LogP contribution in [-0.2, 0) is 6.54 Å². The van der Waals surface area contributed by atoms with Crippen molar-refractivity contribution in [2.45, 2.75) is 13.5 Å². The molecular weight excluding hydrogens is 269 g/mol. The molecule has 1 heterocycles. The number of nitrogens with one attached hydrogen (secondary N) is 2. The minimum absolute atomic E-state index is 0.112. The van der Waals surface area contributed by atoms with Crippen molar-refractivity contribution in [3.63, 3.8) is 0 Å². The van der Waals surface area contributed by atoms with E-state index in [0.29, 0.717) is 24.5 Å². The van der Waals surface area contributed by atoms with Crippen molar-refractivity contribution in [1.82, 2.24) is 4.98 Å². The Kier molecular flexibility index (Phi) is 4.06. The SMILES string of the molecule is CCOc1cc(NCc2csc(=O)[nH]2)c(N)cc1F. The number of thiazole rings is 1. The predicted molar refractivity (Wildman–Crippen MR) is 74.2 cm³/mol. The number of rotatable bonds is 5. The molecule has 0 atom stereocenters. The van der Waals surface area contributed by atoms with Crippen LogP contribution in [0.3, 0.4) is 0 Å². The summed E-state index contributed by atoms with van der Waals surface area (Å²) in [6.07, 6.45) is 0. The number of aromatic nitrogens is 1. The molecule has 0 spiro atoms. The molecule has 0 saturated carbocycles. The van der Waals surface area contributed by atoms with E-state index in [1.807, 2.05) is 0 Å². The van der Waals surface area contributed by atoms with Crippen LogP contribution < -0.4 is 20.7 Å². The number of H-pyrrole nitrogens is 1. The Morgan fingerprint density at radius 1 is 1.53 bits per heavy atom. The molecule has 0 saturated heterocycles. The number of hydrogen-bond donors (Lipinski definition) is 3. The quantitative estimate of drug-likeness (QED) is 0.735. The maximum absolute atomic E-state index is 13.5. The van der Waals surface area contributed by atoms with Crippen molar-refractivity contribution < 1.29 is 9.13 Å². The van der Waals surface area contributed by atoms with Crippen LogP contribution >= 0.6 is 11.3 Å². The lowest BCUT2D eigenvalue weighted by Crippen LogP contribution is -2.06. The highest BCUT2D eigenvalue weighted by atomic mass is 32.1. The fourth-order valence-electron chi connectivity index (χ4n) is 1.58. The second-order valence-corrected chi connectivity index (χ2v) is 4.67. The average molecular weight is 283 g/mol. The Morgan fingerprint density at radius 3 is 2.95 bits per heavy atom. The third-order valence-electron chi connectivity index (χ3n) is 2.44. The van der Waals surface area contributed by atoms with Gasteiger partial charge in [-0.25, -0.2) is 4.39 Å². The molecule has 1 aromatic heterocycles. The molecule has 0 aliphatic heterocycles. The van der Waals surface area contributed by atoms with Gasteiger partial charge in [-0.3, -0.25) is 4.79 Å². The highest BCUT2D eigenvalue weighted by molar-refractivity contribution is 7.07. The van der Waals surface area contributed by atoms with Crippen LogP contribution in [0.25, 0.3) is 0 Å². The minimum Gasteiger partial charge on any atom is -0.491 e. The van der Waals surface area contributed by atoms with E-state index < -0.39 is 5.82 Å². The first-order chi connectivity index (χ1) is 9.10. The van der Waals surface area contributed by atoms with Gasteiger partial charge in [-0.1, -0.05) is 11.3 Å². The summed E-state index contributed by atoms with van der Waals surface area (Å²) in [5.41, 5.74) is 7.33. The van der Waals surface area contributed by atoms with Gasteiger partial charge in [0.15, 0.2) is 11.6 Å². The van der Waals surface area contributed by atoms with E-state index in [1.54, 1.807) is 12.3 Å². The summed E-state index contributed by atoms with van der Waals surface area (Å²) in [5.74, 6) is -0.341. The second-order valence-electron chi connectivity index (χ2n) is 3.83. The van der Waals surface area contributed by atoms with E-state index in [-0.39, 0.29) is 10.6 Å².